The smallest absolute Gasteiger partial charge is 0.206 e. The van der Waals surface area contributed by atoms with E-state index < -0.39 is 0 Å². The minimum absolute atomic E-state index is 0.475. The second kappa shape index (κ2) is 5.79. The summed E-state index contributed by atoms with van der Waals surface area (Å²) < 4.78 is 0. The quantitative estimate of drug-likeness (QED) is 0.675. The molecule has 1 saturated heterocycles. The van der Waals surface area contributed by atoms with E-state index in [1.54, 1.807) is 23.7 Å². The second-order valence-electron chi connectivity index (χ2n) is 5.97. The summed E-state index contributed by atoms with van der Waals surface area (Å²) in [6, 6.07) is 2.97. The van der Waals surface area contributed by atoms with Gasteiger partial charge in [-0.3, -0.25) is 15.8 Å². The molecule has 5 N–H and O–H groups in total. The molecule has 7 nitrogen and oxygen atoms in total. The number of fused-ring (bicyclic) bond motifs is 1. The van der Waals surface area contributed by atoms with E-state index in [1.165, 1.54) is 12.8 Å². The van der Waals surface area contributed by atoms with Crippen LogP contribution in [0.4, 0.5) is 10.8 Å². The van der Waals surface area contributed by atoms with Gasteiger partial charge in [-0.25, -0.2) is 0 Å². The van der Waals surface area contributed by atoms with E-state index in [9.17, 15) is 0 Å². The molecule has 22 heavy (non-hydrogen) atoms. The first-order chi connectivity index (χ1) is 10.8. The number of anilines is 2. The number of hydrogen-bond donors (Lipinski definition) is 4. The normalized spacial score (nSPS) is 27.5. The molecule has 1 aliphatic heterocycles. The van der Waals surface area contributed by atoms with Crippen molar-refractivity contribution < 1.29 is 0 Å². The van der Waals surface area contributed by atoms with Crippen molar-refractivity contribution in [2.45, 2.75) is 31.3 Å². The molecule has 0 spiro atoms. The maximum atomic E-state index is 5.77. The van der Waals surface area contributed by atoms with Gasteiger partial charge in [0.15, 0.2) is 5.01 Å². The molecule has 2 aliphatic rings. The lowest BCUT2D eigenvalue weighted by atomic mass is 9.83. The van der Waals surface area contributed by atoms with Gasteiger partial charge in [0.1, 0.15) is 0 Å². The first-order valence-corrected chi connectivity index (χ1v) is 8.39. The molecular weight excluding hydrogens is 298 g/mol. The van der Waals surface area contributed by atoms with Crippen LogP contribution in [0.25, 0.3) is 10.6 Å². The zero-order valence-electron chi connectivity index (χ0n) is 12.1. The maximum absolute atomic E-state index is 5.77. The summed E-state index contributed by atoms with van der Waals surface area (Å²) in [7, 11) is 0. The van der Waals surface area contributed by atoms with Gasteiger partial charge in [0, 0.05) is 36.6 Å². The van der Waals surface area contributed by atoms with Gasteiger partial charge in [0.05, 0.1) is 5.69 Å². The second-order valence-corrected chi connectivity index (χ2v) is 6.94. The summed E-state index contributed by atoms with van der Waals surface area (Å²) in [6.45, 7) is 1.05. The van der Waals surface area contributed by atoms with Crippen LogP contribution >= 0.6 is 11.3 Å². The van der Waals surface area contributed by atoms with Crippen LogP contribution in [-0.2, 0) is 0 Å². The van der Waals surface area contributed by atoms with E-state index in [0.29, 0.717) is 23.7 Å². The highest BCUT2D eigenvalue weighted by atomic mass is 32.1. The van der Waals surface area contributed by atoms with Gasteiger partial charge in [-0.15, -0.1) is 10.2 Å². The van der Waals surface area contributed by atoms with Crippen LogP contribution in [0.5, 0.6) is 0 Å². The summed E-state index contributed by atoms with van der Waals surface area (Å²) >= 11 is 1.55. The van der Waals surface area contributed by atoms with Crippen LogP contribution in [-0.4, -0.2) is 33.8 Å². The molecule has 2 aromatic rings. The highest BCUT2D eigenvalue weighted by Crippen LogP contribution is 2.31. The Morgan fingerprint density at radius 3 is 3.14 bits per heavy atom. The predicted octanol–water partition coefficient (Wildman–Crippen LogP) is 1.24. The van der Waals surface area contributed by atoms with Crippen molar-refractivity contribution in [2.24, 2.45) is 5.92 Å². The molecule has 0 amide bonds. The number of nitrogen functional groups attached to an aromatic ring is 1. The number of rotatable bonds is 3. The Kier molecular flexibility index (Phi) is 3.65. The van der Waals surface area contributed by atoms with E-state index in [0.717, 1.165) is 28.7 Å². The zero-order valence-corrected chi connectivity index (χ0v) is 12.9. The van der Waals surface area contributed by atoms with Crippen LogP contribution in [0.2, 0.25) is 0 Å². The number of hydrazine groups is 1. The Morgan fingerprint density at radius 2 is 2.23 bits per heavy atom. The number of hydrogen-bond acceptors (Lipinski definition) is 8. The zero-order chi connectivity index (χ0) is 14.9. The van der Waals surface area contributed by atoms with Gasteiger partial charge >= 0.3 is 0 Å². The summed E-state index contributed by atoms with van der Waals surface area (Å²) in [4.78, 5) is 4.10. The number of nitrogens with zero attached hydrogens (tertiary/aromatic N) is 3. The highest BCUT2D eigenvalue weighted by Gasteiger charge is 2.33. The molecule has 1 saturated carbocycles. The summed E-state index contributed by atoms with van der Waals surface area (Å²) in [5, 5.41) is 13.8. The topological polar surface area (TPSA) is 101 Å². The molecule has 1 aliphatic carbocycles. The third-order valence-electron chi connectivity index (χ3n) is 4.39. The van der Waals surface area contributed by atoms with E-state index in [1.807, 2.05) is 6.07 Å². The monoisotopic (exact) mass is 317 g/mol. The molecule has 0 radical (unpaired) electrons. The molecule has 3 unspecified atom stereocenters. The lowest BCUT2D eigenvalue weighted by molar-refractivity contribution is 0.314. The molecule has 0 bridgehead atoms. The van der Waals surface area contributed by atoms with Gasteiger partial charge in [0.25, 0.3) is 0 Å². The van der Waals surface area contributed by atoms with Crippen LogP contribution in [0.3, 0.4) is 0 Å². The number of aromatic nitrogens is 3. The Bertz CT molecular complexity index is 658. The fourth-order valence-electron chi connectivity index (χ4n) is 3.28. The van der Waals surface area contributed by atoms with Crippen molar-refractivity contribution in [3.8, 4) is 10.6 Å². The lowest BCUT2D eigenvalue weighted by Gasteiger charge is -2.30. The molecule has 8 heteroatoms. The van der Waals surface area contributed by atoms with Gasteiger partial charge in [-0.05, 0) is 31.2 Å². The van der Waals surface area contributed by atoms with Crippen molar-refractivity contribution in [3.63, 3.8) is 0 Å². The fraction of sp³-hybridized carbons (Fsp3) is 0.500. The minimum Gasteiger partial charge on any atom is -0.397 e. The van der Waals surface area contributed by atoms with Gasteiger partial charge in [0.2, 0.25) is 5.13 Å². The molecule has 3 heterocycles. The van der Waals surface area contributed by atoms with E-state index in [-0.39, 0.29) is 0 Å². The molecule has 4 rings (SSSR count). The molecule has 2 aromatic heterocycles. The number of pyridine rings is 1. The maximum Gasteiger partial charge on any atom is 0.206 e. The largest absolute Gasteiger partial charge is 0.397 e. The highest BCUT2D eigenvalue weighted by molar-refractivity contribution is 7.18. The minimum atomic E-state index is 0.475. The molecule has 3 atom stereocenters. The Hall–Kier alpha value is -1.77. The Morgan fingerprint density at radius 1 is 1.27 bits per heavy atom. The van der Waals surface area contributed by atoms with Gasteiger partial charge < -0.3 is 11.1 Å². The molecular formula is C14H19N7S. The number of nitrogens with one attached hydrogen (secondary N) is 3. The van der Waals surface area contributed by atoms with Crippen LogP contribution < -0.4 is 21.9 Å². The first kappa shape index (κ1) is 13.9. The van der Waals surface area contributed by atoms with Gasteiger partial charge in [-0.1, -0.05) is 11.3 Å². The average Bonchev–Trinajstić information content (AvgIpc) is 3.16. The third kappa shape index (κ3) is 2.77. The van der Waals surface area contributed by atoms with Crippen LogP contribution in [0.1, 0.15) is 19.3 Å². The Labute approximate surface area is 132 Å². The van der Waals surface area contributed by atoms with Crippen molar-refractivity contribution in [2.75, 3.05) is 17.6 Å². The van der Waals surface area contributed by atoms with Crippen molar-refractivity contribution in [3.05, 3.63) is 18.5 Å². The third-order valence-corrected chi connectivity index (χ3v) is 5.30. The van der Waals surface area contributed by atoms with Crippen LogP contribution in [0.15, 0.2) is 18.5 Å². The van der Waals surface area contributed by atoms with Gasteiger partial charge in [-0.2, -0.15) is 0 Å². The fourth-order valence-corrected chi connectivity index (χ4v) is 4.08. The summed E-state index contributed by atoms with van der Waals surface area (Å²) in [5.41, 5.74) is 13.9. The van der Waals surface area contributed by atoms with E-state index in [2.05, 4.69) is 31.3 Å². The first-order valence-electron chi connectivity index (χ1n) is 7.57. The SMILES string of the molecule is Nc1cncc(-c2nnc(NC3CCC4NNCC4C3)s2)c1. The lowest BCUT2D eigenvalue weighted by Crippen LogP contribution is -2.39. The van der Waals surface area contributed by atoms with E-state index in [4.69, 9.17) is 5.73 Å². The van der Waals surface area contributed by atoms with Crippen molar-refractivity contribution >= 4 is 22.2 Å². The summed E-state index contributed by atoms with van der Waals surface area (Å²) in [6.07, 6.45) is 6.91. The predicted molar refractivity (Wildman–Crippen MR) is 87.2 cm³/mol. The molecule has 116 valence electrons. The summed E-state index contributed by atoms with van der Waals surface area (Å²) in [5.74, 6) is 0.705. The van der Waals surface area contributed by atoms with E-state index >= 15 is 0 Å². The van der Waals surface area contributed by atoms with Crippen LogP contribution in [0, 0.1) is 5.92 Å². The standard InChI is InChI=1S/C14H19N7S/c15-10-3-9(5-16-7-10)13-20-21-14(22-13)18-11-1-2-12-8(4-11)6-17-19-12/h3,5,7-8,11-12,17,19H,1-2,4,6,15H2,(H,18,21). The number of nitrogens with two attached hydrogens (primary N) is 1. The molecule has 2 fully saturated rings. The van der Waals surface area contributed by atoms with Crippen molar-refractivity contribution in [1.29, 1.82) is 0 Å². The average molecular weight is 317 g/mol. The Balaban J connectivity index is 1.44. The molecule has 0 aromatic carbocycles. The van der Waals surface area contributed by atoms with Crippen molar-refractivity contribution in [1.82, 2.24) is 26.0 Å².